The lowest BCUT2D eigenvalue weighted by Gasteiger charge is -2.27. The molecular formula is C24H22N2O5. The predicted octanol–water partition coefficient (Wildman–Crippen LogP) is 3.31. The van der Waals surface area contributed by atoms with E-state index < -0.39 is 17.9 Å². The van der Waals surface area contributed by atoms with Crippen molar-refractivity contribution >= 4 is 23.4 Å². The van der Waals surface area contributed by atoms with Crippen molar-refractivity contribution in [2.75, 3.05) is 18.6 Å². The molecule has 7 nitrogen and oxygen atoms in total. The maximum Gasteiger partial charge on any atom is 0.290 e. The van der Waals surface area contributed by atoms with Gasteiger partial charge in [-0.25, -0.2) is 4.90 Å². The number of rotatable bonds is 7. The molecule has 7 heteroatoms. The molecule has 1 aliphatic rings. The molecule has 31 heavy (non-hydrogen) atoms. The highest BCUT2D eigenvalue weighted by atomic mass is 16.5. The minimum atomic E-state index is -0.893. The molecule has 1 unspecified atom stereocenters. The van der Waals surface area contributed by atoms with Gasteiger partial charge >= 0.3 is 0 Å². The van der Waals surface area contributed by atoms with E-state index in [1.165, 1.54) is 11.2 Å². The van der Waals surface area contributed by atoms with Gasteiger partial charge in [-0.05, 0) is 48.4 Å². The van der Waals surface area contributed by atoms with Crippen molar-refractivity contribution in [1.82, 2.24) is 4.90 Å². The van der Waals surface area contributed by atoms with Gasteiger partial charge in [-0.3, -0.25) is 14.4 Å². The first-order valence-electron chi connectivity index (χ1n) is 9.97. The molecule has 1 aliphatic heterocycles. The van der Waals surface area contributed by atoms with Gasteiger partial charge in [0.25, 0.3) is 11.8 Å². The van der Waals surface area contributed by atoms with Crippen LogP contribution in [-0.2, 0) is 16.0 Å². The van der Waals surface area contributed by atoms with E-state index in [-0.39, 0.29) is 24.6 Å². The second-order valence-electron chi connectivity index (χ2n) is 7.20. The third kappa shape index (κ3) is 4.21. The molecule has 1 aromatic heterocycles. The van der Waals surface area contributed by atoms with Gasteiger partial charge in [0.2, 0.25) is 5.91 Å². The number of ether oxygens (including phenoxy) is 1. The topological polar surface area (TPSA) is 80.1 Å². The van der Waals surface area contributed by atoms with Gasteiger partial charge < -0.3 is 14.1 Å². The van der Waals surface area contributed by atoms with Gasteiger partial charge in [0.15, 0.2) is 5.76 Å². The fraction of sp³-hybridized carbons (Fsp3) is 0.208. The second-order valence-corrected chi connectivity index (χ2v) is 7.20. The fourth-order valence-corrected chi connectivity index (χ4v) is 3.70. The van der Waals surface area contributed by atoms with E-state index in [4.69, 9.17) is 9.15 Å². The summed E-state index contributed by atoms with van der Waals surface area (Å²) in [5.41, 5.74) is 1.48. The molecule has 0 spiro atoms. The van der Waals surface area contributed by atoms with Crippen LogP contribution in [0.15, 0.2) is 77.4 Å². The number of nitrogens with zero attached hydrogens (tertiary/aromatic N) is 2. The second kappa shape index (κ2) is 8.87. The monoisotopic (exact) mass is 418 g/mol. The SMILES string of the molecule is COc1ccc(N2C(=O)CC(N(CCc3ccccc3)C(=O)c3ccco3)C2=O)cc1. The lowest BCUT2D eigenvalue weighted by atomic mass is 10.1. The maximum atomic E-state index is 13.2. The number of anilines is 1. The molecule has 3 amide bonds. The Hall–Kier alpha value is -3.87. The molecule has 2 heterocycles. The van der Waals surface area contributed by atoms with Crippen LogP contribution in [-0.4, -0.2) is 42.3 Å². The van der Waals surface area contributed by atoms with Crippen molar-refractivity contribution in [3.8, 4) is 5.75 Å². The van der Waals surface area contributed by atoms with E-state index >= 15 is 0 Å². The summed E-state index contributed by atoms with van der Waals surface area (Å²) in [6, 6.07) is 18.6. The predicted molar refractivity (Wildman–Crippen MR) is 114 cm³/mol. The van der Waals surface area contributed by atoms with Crippen molar-refractivity contribution in [1.29, 1.82) is 0 Å². The van der Waals surface area contributed by atoms with Gasteiger partial charge in [-0.2, -0.15) is 0 Å². The molecule has 3 aromatic rings. The molecule has 0 radical (unpaired) electrons. The summed E-state index contributed by atoms with van der Waals surface area (Å²) in [6.07, 6.45) is 1.88. The molecular weight excluding hydrogens is 396 g/mol. The Balaban J connectivity index is 1.60. The lowest BCUT2D eigenvalue weighted by molar-refractivity contribution is -0.122. The number of hydrogen-bond acceptors (Lipinski definition) is 5. The van der Waals surface area contributed by atoms with Crippen LogP contribution in [0.5, 0.6) is 5.75 Å². The molecule has 1 saturated heterocycles. The van der Waals surface area contributed by atoms with Gasteiger partial charge in [0.1, 0.15) is 11.8 Å². The summed E-state index contributed by atoms with van der Waals surface area (Å²) < 4.78 is 10.4. The summed E-state index contributed by atoms with van der Waals surface area (Å²) in [7, 11) is 1.54. The first-order valence-corrected chi connectivity index (χ1v) is 9.97. The number of imide groups is 1. The average molecular weight is 418 g/mol. The number of carbonyl (C=O) groups is 3. The molecule has 158 valence electrons. The maximum absolute atomic E-state index is 13.2. The van der Waals surface area contributed by atoms with E-state index in [9.17, 15) is 14.4 Å². The van der Waals surface area contributed by atoms with E-state index in [1.807, 2.05) is 30.3 Å². The van der Waals surface area contributed by atoms with Gasteiger partial charge in [0.05, 0.1) is 25.5 Å². The van der Waals surface area contributed by atoms with Crippen molar-refractivity contribution < 1.29 is 23.5 Å². The minimum Gasteiger partial charge on any atom is -0.497 e. The Morgan fingerprint density at radius 3 is 2.45 bits per heavy atom. The van der Waals surface area contributed by atoms with E-state index in [0.29, 0.717) is 17.9 Å². The van der Waals surface area contributed by atoms with Gasteiger partial charge in [0, 0.05) is 6.54 Å². The Morgan fingerprint density at radius 1 is 1.06 bits per heavy atom. The number of furan rings is 1. The average Bonchev–Trinajstić information content (AvgIpc) is 3.43. The molecule has 2 aromatic carbocycles. The molecule has 4 rings (SSSR count). The molecule has 0 bridgehead atoms. The zero-order valence-electron chi connectivity index (χ0n) is 17.1. The van der Waals surface area contributed by atoms with Crippen molar-refractivity contribution in [2.24, 2.45) is 0 Å². The Labute approximate surface area is 179 Å². The molecule has 0 aliphatic carbocycles. The third-order valence-corrected chi connectivity index (χ3v) is 5.31. The molecule has 0 saturated carbocycles. The number of methoxy groups -OCH3 is 1. The fourth-order valence-electron chi connectivity index (χ4n) is 3.70. The Kier molecular flexibility index (Phi) is 5.84. The van der Waals surface area contributed by atoms with Crippen molar-refractivity contribution in [2.45, 2.75) is 18.9 Å². The highest BCUT2D eigenvalue weighted by Crippen LogP contribution is 2.28. The number of carbonyl (C=O) groups excluding carboxylic acids is 3. The quantitative estimate of drug-likeness (QED) is 0.550. The zero-order valence-corrected chi connectivity index (χ0v) is 17.1. The minimum absolute atomic E-state index is 0.0773. The van der Waals surface area contributed by atoms with Crippen LogP contribution in [0.25, 0.3) is 0 Å². The molecule has 1 fully saturated rings. The Morgan fingerprint density at radius 2 is 1.81 bits per heavy atom. The largest absolute Gasteiger partial charge is 0.497 e. The van der Waals surface area contributed by atoms with Crippen LogP contribution in [0.3, 0.4) is 0 Å². The normalized spacial score (nSPS) is 15.9. The van der Waals surface area contributed by atoms with Crippen LogP contribution >= 0.6 is 0 Å². The highest BCUT2D eigenvalue weighted by Gasteiger charge is 2.44. The van der Waals surface area contributed by atoms with Crippen molar-refractivity contribution in [3.05, 3.63) is 84.3 Å². The van der Waals surface area contributed by atoms with Crippen LogP contribution in [0, 0.1) is 0 Å². The summed E-state index contributed by atoms with van der Waals surface area (Å²) in [6.45, 7) is 0.281. The summed E-state index contributed by atoms with van der Waals surface area (Å²) >= 11 is 0. The van der Waals surface area contributed by atoms with Crippen LogP contribution in [0.1, 0.15) is 22.5 Å². The summed E-state index contributed by atoms with van der Waals surface area (Å²) in [4.78, 5) is 41.7. The lowest BCUT2D eigenvalue weighted by Crippen LogP contribution is -2.46. The number of amides is 3. The Bertz CT molecular complexity index is 1060. The van der Waals surface area contributed by atoms with E-state index in [1.54, 1.807) is 43.5 Å². The number of hydrogen-bond donors (Lipinski definition) is 0. The first kappa shape index (κ1) is 20.4. The van der Waals surface area contributed by atoms with Gasteiger partial charge in [-0.15, -0.1) is 0 Å². The zero-order chi connectivity index (χ0) is 21.8. The smallest absolute Gasteiger partial charge is 0.290 e. The number of benzene rings is 2. The molecule has 0 N–H and O–H groups in total. The van der Waals surface area contributed by atoms with Crippen molar-refractivity contribution in [3.63, 3.8) is 0 Å². The highest BCUT2D eigenvalue weighted by molar-refractivity contribution is 6.23. The van der Waals surface area contributed by atoms with Crippen LogP contribution in [0.2, 0.25) is 0 Å². The van der Waals surface area contributed by atoms with E-state index in [2.05, 4.69) is 0 Å². The molecule has 1 atom stereocenters. The first-order chi connectivity index (χ1) is 15.1. The summed E-state index contributed by atoms with van der Waals surface area (Å²) in [5.74, 6) is -0.433. The standard InChI is InChI=1S/C24H22N2O5/c1-30-19-11-9-18(10-12-19)26-22(27)16-20(23(26)28)25(24(29)21-8-5-15-31-21)14-13-17-6-3-2-4-7-17/h2-12,15,20H,13-14,16H2,1H3. The third-order valence-electron chi connectivity index (χ3n) is 5.31. The van der Waals surface area contributed by atoms with Gasteiger partial charge in [-0.1, -0.05) is 30.3 Å². The van der Waals surface area contributed by atoms with Crippen LogP contribution in [0.4, 0.5) is 5.69 Å². The van der Waals surface area contributed by atoms with E-state index in [0.717, 1.165) is 10.5 Å². The van der Waals surface area contributed by atoms with Crippen LogP contribution < -0.4 is 9.64 Å². The summed E-state index contributed by atoms with van der Waals surface area (Å²) in [5, 5.41) is 0.